The first-order valence-electron chi connectivity index (χ1n) is 15.9. The van der Waals surface area contributed by atoms with Crippen molar-refractivity contribution in [2.45, 2.75) is 87.7 Å². The standard InChI is InChI=1S/C36H42FN3O4S/c37-31-16-11-30(12-17-31)26-40(35(41)22-15-28-13-20-33(21-14-28)45(43,44)39-32-18-19-32)34(25-29-9-5-2-6-10-29)36(42)38-24-23-27-7-3-1-4-8-27/h2,5-7,9-14,16-17,20-21,32,34,39H,1,3-4,8,15,18-19,22-26H2,(H,38,42)/t34-/m0/s1. The Morgan fingerprint density at radius 2 is 1.58 bits per heavy atom. The topological polar surface area (TPSA) is 95.6 Å². The molecule has 1 atom stereocenters. The molecule has 0 heterocycles. The van der Waals surface area contributed by atoms with Gasteiger partial charge in [0.2, 0.25) is 21.8 Å². The molecule has 2 aliphatic rings. The Morgan fingerprint density at radius 3 is 2.24 bits per heavy atom. The van der Waals surface area contributed by atoms with Crippen molar-refractivity contribution in [1.82, 2.24) is 14.9 Å². The average molecular weight is 632 g/mol. The number of sulfonamides is 1. The van der Waals surface area contributed by atoms with Crippen molar-refractivity contribution >= 4 is 21.8 Å². The number of nitrogens with zero attached hydrogens (tertiary/aromatic N) is 1. The predicted molar refractivity (Wildman–Crippen MR) is 173 cm³/mol. The number of halogens is 1. The molecule has 0 spiro atoms. The van der Waals surface area contributed by atoms with Crippen molar-refractivity contribution < 1.29 is 22.4 Å². The van der Waals surface area contributed by atoms with Crippen molar-refractivity contribution in [3.05, 3.63) is 113 Å². The van der Waals surface area contributed by atoms with E-state index in [0.717, 1.165) is 48.8 Å². The number of carbonyl (C=O) groups excluding carboxylic acids is 2. The highest BCUT2D eigenvalue weighted by atomic mass is 32.2. The number of hydrogen-bond acceptors (Lipinski definition) is 4. The van der Waals surface area contributed by atoms with Crippen LogP contribution in [-0.2, 0) is 39.0 Å². The van der Waals surface area contributed by atoms with Crippen LogP contribution >= 0.6 is 0 Å². The Kier molecular flexibility index (Phi) is 11.2. The third kappa shape index (κ3) is 9.83. The van der Waals surface area contributed by atoms with E-state index in [0.29, 0.717) is 19.4 Å². The van der Waals surface area contributed by atoms with Crippen molar-refractivity contribution in [2.24, 2.45) is 0 Å². The average Bonchev–Trinajstić information content (AvgIpc) is 3.87. The summed E-state index contributed by atoms with van der Waals surface area (Å²) in [4.78, 5) is 29.6. The molecular formula is C36H42FN3O4S. The Hall–Kier alpha value is -3.82. The van der Waals surface area contributed by atoms with E-state index >= 15 is 0 Å². The lowest BCUT2D eigenvalue weighted by Gasteiger charge is -2.32. The number of hydrogen-bond donors (Lipinski definition) is 2. The lowest BCUT2D eigenvalue weighted by atomic mass is 9.97. The van der Waals surface area contributed by atoms with Crippen LogP contribution in [0.25, 0.3) is 0 Å². The SMILES string of the molecule is O=C(NCCC1=CCCCC1)[C@H](Cc1ccccc1)N(Cc1ccc(F)cc1)C(=O)CCc1ccc(S(=O)(=O)NC2CC2)cc1. The molecule has 45 heavy (non-hydrogen) atoms. The number of aryl methyl sites for hydroxylation is 1. The van der Waals surface area contributed by atoms with Gasteiger partial charge in [0.25, 0.3) is 0 Å². The lowest BCUT2D eigenvalue weighted by molar-refractivity contribution is -0.141. The molecule has 9 heteroatoms. The summed E-state index contributed by atoms with van der Waals surface area (Å²) < 4.78 is 41.5. The fourth-order valence-corrected chi connectivity index (χ4v) is 6.96. The number of benzene rings is 3. The molecule has 0 radical (unpaired) electrons. The predicted octanol–water partition coefficient (Wildman–Crippen LogP) is 5.85. The van der Waals surface area contributed by atoms with Crippen molar-refractivity contribution in [2.75, 3.05) is 6.54 Å². The monoisotopic (exact) mass is 631 g/mol. The third-order valence-corrected chi connectivity index (χ3v) is 9.96. The maximum atomic E-state index is 14.0. The van der Waals surface area contributed by atoms with E-state index in [1.807, 2.05) is 30.3 Å². The van der Waals surface area contributed by atoms with Gasteiger partial charge in [0, 0.05) is 32.0 Å². The van der Waals surface area contributed by atoms with E-state index in [2.05, 4.69) is 16.1 Å². The summed E-state index contributed by atoms with van der Waals surface area (Å²) in [5.41, 5.74) is 3.84. The van der Waals surface area contributed by atoms with Crippen LogP contribution in [0.3, 0.4) is 0 Å². The van der Waals surface area contributed by atoms with Crippen molar-refractivity contribution in [1.29, 1.82) is 0 Å². The Bertz CT molecular complexity index is 1570. The molecule has 2 N–H and O–H groups in total. The maximum absolute atomic E-state index is 14.0. The summed E-state index contributed by atoms with van der Waals surface area (Å²) in [6.07, 6.45) is 10.1. The fourth-order valence-electron chi connectivity index (χ4n) is 5.66. The van der Waals surface area contributed by atoms with Crippen LogP contribution in [0, 0.1) is 5.82 Å². The minimum absolute atomic E-state index is 0.0183. The molecule has 3 aromatic rings. The van der Waals surface area contributed by atoms with Crippen molar-refractivity contribution in [3.63, 3.8) is 0 Å². The number of rotatable bonds is 15. The zero-order valence-electron chi connectivity index (χ0n) is 25.6. The largest absolute Gasteiger partial charge is 0.354 e. The van der Waals surface area contributed by atoms with E-state index < -0.39 is 16.1 Å². The zero-order valence-corrected chi connectivity index (χ0v) is 26.4. The normalized spacial score (nSPS) is 15.6. The van der Waals surface area contributed by atoms with Gasteiger partial charge in [-0.3, -0.25) is 9.59 Å². The molecule has 2 aliphatic carbocycles. The van der Waals surface area contributed by atoms with Gasteiger partial charge in [-0.1, -0.05) is 66.2 Å². The Morgan fingerprint density at radius 1 is 0.867 bits per heavy atom. The van der Waals surface area contributed by atoms with Gasteiger partial charge in [0.05, 0.1) is 4.90 Å². The second kappa shape index (κ2) is 15.5. The Labute approximate surface area is 266 Å². The molecule has 7 nitrogen and oxygen atoms in total. The number of allylic oxidation sites excluding steroid dienone is 1. The molecular weight excluding hydrogens is 589 g/mol. The second-order valence-electron chi connectivity index (χ2n) is 12.0. The van der Waals surface area contributed by atoms with E-state index in [1.165, 1.54) is 30.5 Å². The summed E-state index contributed by atoms with van der Waals surface area (Å²) in [6.45, 7) is 0.651. The molecule has 5 rings (SSSR count). The molecule has 0 aromatic heterocycles. The second-order valence-corrected chi connectivity index (χ2v) is 13.8. The molecule has 1 saturated carbocycles. The maximum Gasteiger partial charge on any atom is 0.243 e. The lowest BCUT2D eigenvalue weighted by Crippen LogP contribution is -2.50. The molecule has 0 aliphatic heterocycles. The zero-order chi connectivity index (χ0) is 31.6. The minimum Gasteiger partial charge on any atom is -0.354 e. The van der Waals surface area contributed by atoms with Gasteiger partial charge in [-0.25, -0.2) is 17.5 Å². The van der Waals surface area contributed by atoms with E-state index in [-0.39, 0.29) is 41.5 Å². The number of carbonyl (C=O) groups is 2. The molecule has 1 fully saturated rings. The molecule has 3 aromatic carbocycles. The highest BCUT2D eigenvalue weighted by Crippen LogP contribution is 2.23. The molecule has 238 valence electrons. The van der Waals surface area contributed by atoms with Gasteiger partial charge >= 0.3 is 0 Å². The van der Waals surface area contributed by atoms with E-state index in [4.69, 9.17) is 0 Å². The van der Waals surface area contributed by atoms with Crippen LogP contribution in [0.5, 0.6) is 0 Å². The number of nitrogens with one attached hydrogen (secondary N) is 2. The van der Waals surface area contributed by atoms with Crippen LogP contribution in [0.2, 0.25) is 0 Å². The van der Waals surface area contributed by atoms with Crippen molar-refractivity contribution in [3.8, 4) is 0 Å². The summed E-state index contributed by atoms with van der Waals surface area (Å²) in [5.74, 6) is -0.800. The molecule has 0 bridgehead atoms. The highest BCUT2D eigenvalue weighted by Gasteiger charge is 2.31. The summed E-state index contributed by atoms with van der Waals surface area (Å²) >= 11 is 0. The van der Waals surface area contributed by atoms with Gasteiger partial charge in [-0.05, 0) is 92.3 Å². The first-order chi connectivity index (χ1) is 21.8. The Balaban J connectivity index is 1.32. The fraction of sp³-hybridized carbons (Fsp3) is 0.389. The first kappa shape index (κ1) is 32.6. The minimum atomic E-state index is -3.56. The van der Waals surface area contributed by atoms with Crippen LogP contribution in [0.15, 0.2) is 95.4 Å². The summed E-state index contributed by atoms with van der Waals surface area (Å²) in [7, 11) is -3.56. The molecule has 0 unspecified atom stereocenters. The quantitative estimate of drug-likeness (QED) is 0.206. The third-order valence-electron chi connectivity index (χ3n) is 8.43. The van der Waals surface area contributed by atoms with Crippen LogP contribution in [-0.4, -0.2) is 43.8 Å². The molecule has 2 amide bonds. The number of amides is 2. The highest BCUT2D eigenvalue weighted by molar-refractivity contribution is 7.89. The first-order valence-corrected chi connectivity index (χ1v) is 17.4. The van der Waals surface area contributed by atoms with Crippen LogP contribution in [0.1, 0.15) is 68.1 Å². The van der Waals surface area contributed by atoms with Crippen LogP contribution < -0.4 is 10.0 Å². The summed E-state index contributed by atoms with van der Waals surface area (Å²) in [5, 5.41) is 3.10. The van der Waals surface area contributed by atoms with Gasteiger partial charge in [-0.15, -0.1) is 0 Å². The van der Waals surface area contributed by atoms with E-state index in [1.54, 1.807) is 41.3 Å². The smallest absolute Gasteiger partial charge is 0.243 e. The molecule has 0 saturated heterocycles. The van der Waals surface area contributed by atoms with Gasteiger partial charge < -0.3 is 10.2 Å². The van der Waals surface area contributed by atoms with Crippen LogP contribution in [0.4, 0.5) is 4.39 Å². The van der Waals surface area contributed by atoms with Gasteiger partial charge in [0.1, 0.15) is 11.9 Å². The van der Waals surface area contributed by atoms with Gasteiger partial charge in [0.15, 0.2) is 0 Å². The van der Waals surface area contributed by atoms with E-state index in [9.17, 15) is 22.4 Å². The summed E-state index contributed by atoms with van der Waals surface area (Å²) in [6, 6.07) is 21.4. The van der Waals surface area contributed by atoms with Gasteiger partial charge in [-0.2, -0.15) is 0 Å².